The molecular weight excluding hydrogens is 475 g/mol. The van der Waals surface area contributed by atoms with Gasteiger partial charge < -0.3 is 10.4 Å². The summed E-state index contributed by atoms with van der Waals surface area (Å²) in [6.45, 7) is 5.38. The monoisotopic (exact) mass is 495 g/mol. The maximum Gasteiger partial charge on any atom is 0.416 e. The number of carbonyl (C=O) groups is 2. The number of alkyl halides is 3. The number of thiophene rings is 1. The summed E-state index contributed by atoms with van der Waals surface area (Å²) >= 11 is 7.45. The van der Waals surface area contributed by atoms with Gasteiger partial charge in [-0.25, -0.2) is 4.79 Å². The van der Waals surface area contributed by atoms with Crippen LogP contribution in [0, 0.1) is 13.8 Å². The average Bonchev–Trinajstić information content (AvgIpc) is 3.00. The minimum absolute atomic E-state index is 0.0355. The molecule has 3 aromatic rings. The number of carboxylic acids is 1. The van der Waals surface area contributed by atoms with Crippen LogP contribution in [0.4, 0.5) is 13.2 Å². The van der Waals surface area contributed by atoms with Crippen molar-refractivity contribution in [1.82, 2.24) is 5.32 Å². The molecule has 1 amide bonds. The van der Waals surface area contributed by atoms with Crippen molar-refractivity contribution in [3.05, 3.63) is 90.6 Å². The standard InChI is InChI=1S/C24H21ClF3NO3S/c1-12(16-7-8-18(23(31)32)20(25)11-16)29-22(30)21-14(3)33-13(2)19(21)10-15-5-4-6-17(9-15)24(26,27)28/h4-9,11-12H,10H2,1-3H3,(H,29,30)(H,31,32). The van der Waals surface area contributed by atoms with E-state index in [4.69, 9.17) is 16.7 Å². The molecule has 2 N–H and O–H groups in total. The first-order valence-electron chi connectivity index (χ1n) is 9.97. The van der Waals surface area contributed by atoms with Crippen molar-refractivity contribution < 1.29 is 27.9 Å². The normalized spacial score (nSPS) is 12.5. The van der Waals surface area contributed by atoms with Gasteiger partial charge in [0.05, 0.1) is 27.8 Å². The summed E-state index contributed by atoms with van der Waals surface area (Å²) in [6, 6.07) is 9.06. The molecule has 1 aromatic heterocycles. The second-order valence-electron chi connectivity index (χ2n) is 7.68. The number of carboxylic acid groups (broad SMARTS) is 1. The number of halogens is 4. The number of amides is 1. The molecule has 1 heterocycles. The van der Waals surface area contributed by atoms with Crippen LogP contribution in [0.1, 0.15) is 65.7 Å². The lowest BCUT2D eigenvalue weighted by Crippen LogP contribution is -2.27. The summed E-state index contributed by atoms with van der Waals surface area (Å²) in [5, 5.41) is 12.1. The predicted octanol–water partition coefficient (Wildman–Crippen LogP) is 6.82. The summed E-state index contributed by atoms with van der Waals surface area (Å²) in [5.41, 5.74) is 1.44. The number of benzene rings is 2. The maximum absolute atomic E-state index is 13.1. The van der Waals surface area contributed by atoms with Gasteiger partial charge in [0, 0.05) is 9.75 Å². The molecular formula is C24H21ClF3NO3S. The summed E-state index contributed by atoms with van der Waals surface area (Å²) in [4.78, 5) is 25.9. The van der Waals surface area contributed by atoms with Crippen LogP contribution in [-0.4, -0.2) is 17.0 Å². The number of hydrogen-bond acceptors (Lipinski definition) is 3. The summed E-state index contributed by atoms with van der Waals surface area (Å²) in [6.07, 6.45) is -4.25. The summed E-state index contributed by atoms with van der Waals surface area (Å²) < 4.78 is 39.3. The van der Waals surface area contributed by atoms with Crippen molar-refractivity contribution in [2.24, 2.45) is 0 Å². The fourth-order valence-corrected chi connectivity index (χ4v) is 4.97. The van der Waals surface area contributed by atoms with Crippen LogP contribution in [0.5, 0.6) is 0 Å². The Morgan fingerprint density at radius 1 is 1.12 bits per heavy atom. The molecule has 33 heavy (non-hydrogen) atoms. The molecule has 0 saturated carbocycles. The van der Waals surface area contributed by atoms with Gasteiger partial charge in [-0.15, -0.1) is 11.3 Å². The first-order chi connectivity index (χ1) is 15.4. The Labute approximate surface area is 198 Å². The largest absolute Gasteiger partial charge is 0.478 e. The smallest absolute Gasteiger partial charge is 0.416 e. The molecule has 0 aliphatic rings. The summed E-state index contributed by atoms with van der Waals surface area (Å²) in [7, 11) is 0. The lowest BCUT2D eigenvalue weighted by Gasteiger charge is -2.16. The van der Waals surface area contributed by atoms with Crippen molar-refractivity contribution in [3.8, 4) is 0 Å². The Hall–Kier alpha value is -2.84. The van der Waals surface area contributed by atoms with Crippen molar-refractivity contribution >= 4 is 34.8 Å². The van der Waals surface area contributed by atoms with Crippen LogP contribution in [0.25, 0.3) is 0 Å². The van der Waals surface area contributed by atoms with Gasteiger partial charge in [0.25, 0.3) is 5.91 Å². The number of aromatic carboxylic acids is 1. The van der Waals surface area contributed by atoms with E-state index < -0.39 is 23.8 Å². The van der Waals surface area contributed by atoms with Gasteiger partial charge in [0.1, 0.15) is 0 Å². The Morgan fingerprint density at radius 3 is 2.42 bits per heavy atom. The zero-order chi connectivity index (χ0) is 24.5. The fourth-order valence-electron chi connectivity index (χ4n) is 3.63. The van der Waals surface area contributed by atoms with Gasteiger partial charge in [-0.1, -0.05) is 35.9 Å². The average molecular weight is 496 g/mol. The third-order valence-electron chi connectivity index (χ3n) is 5.32. The first-order valence-corrected chi connectivity index (χ1v) is 11.2. The second-order valence-corrected chi connectivity index (χ2v) is 9.52. The highest BCUT2D eigenvalue weighted by molar-refractivity contribution is 7.12. The van der Waals surface area contributed by atoms with Crippen molar-refractivity contribution in [3.63, 3.8) is 0 Å². The van der Waals surface area contributed by atoms with E-state index in [1.54, 1.807) is 26.0 Å². The van der Waals surface area contributed by atoms with Crippen molar-refractivity contribution in [2.75, 3.05) is 0 Å². The van der Waals surface area contributed by atoms with Gasteiger partial charge in [0.2, 0.25) is 0 Å². The minimum atomic E-state index is -4.44. The number of nitrogens with one attached hydrogen (secondary N) is 1. The molecule has 9 heteroatoms. The highest BCUT2D eigenvalue weighted by Crippen LogP contribution is 2.33. The number of carbonyl (C=O) groups excluding carboxylic acids is 1. The van der Waals surface area contributed by atoms with Crippen LogP contribution in [0.2, 0.25) is 5.02 Å². The van der Waals surface area contributed by atoms with Crippen LogP contribution in [0.15, 0.2) is 42.5 Å². The van der Waals surface area contributed by atoms with Gasteiger partial charge in [0.15, 0.2) is 0 Å². The molecule has 1 unspecified atom stereocenters. The lowest BCUT2D eigenvalue weighted by molar-refractivity contribution is -0.137. The number of hydrogen-bond donors (Lipinski definition) is 2. The molecule has 0 fully saturated rings. The van der Waals surface area contributed by atoms with E-state index in [0.29, 0.717) is 22.3 Å². The van der Waals surface area contributed by atoms with E-state index in [1.807, 2.05) is 6.92 Å². The predicted molar refractivity (Wildman–Crippen MR) is 122 cm³/mol. The zero-order valence-corrected chi connectivity index (χ0v) is 19.6. The lowest BCUT2D eigenvalue weighted by atomic mass is 9.98. The Morgan fingerprint density at radius 2 is 1.82 bits per heavy atom. The topological polar surface area (TPSA) is 66.4 Å². The molecule has 1 atom stereocenters. The fraction of sp³-hybridized carbons (Fsp3) is 0.250. The molecule has 0 spiro atoms. The summed E-state index contributed by atoms with van der Waals surface area (Å²) in [5.74, 6) is -1.50. The maximum atomic E-state index is 13.1. The SMILES string of the molecule is Cc1sc(C)c(C(=O)NC(C)c2ccc(C(=O)O)c(Cl)c2)c1Cc1cccc(C(F)(F)F)c1. The Bertz CT molecular complexity index is 1220. The molecule has 0 radical (unpaired) electrons. The number of rotatable bonds is 6. The van der Waals surface area contributed by atoms with Crippen LogP contribution in [0.3, 0.4) is 0 Å². The molecule has 0 aliphatic heterocycles. The third kappa shape index (κ3) is 5.57. The molecule has 0 saturated heterocycles. The molecule has 0 bridgehead atoms. The van der Waals surface area contributed by atoms with E-state index >= 15 is 0 Å². The quantitative estimate of drug-likeness (QED) is 0.394. The van der Waals surface area contributed by atoms with E-state index in [1.165, 1.54) is 29.5 Å². The van der Waals surface area contributed by atoms with E-state index in [0.717, 1.165) is 21.9 Å². The van der Waals surface area contributed by atoms with Gasteiger partial charge in [-0.2, -0.15) is 13.2 Å². The van der Waals surface area contributed by atoms with Crippen molar-refractivity contribution in [2.45, 2.75) is 39.4 Å². The molecule has 2 aromatic carbocycles. The van der Waals surface area contributed by atoms with Crippen LogP contribution < -0.4 is 5.32 Å². The van der Waals surface area contributed by atoms with Crippen LogP contribution >= 0.6 is 22.9 Å². The Balaban J connectivity index is 1.86. The number of aryl methyl sites for hydroxylation is 2. The van der Waals surface area contributed by atoms with Gasteiger partial charge in [-0.05, 0) is 62.1 Å². The first kappa shape index (κ1) is 24.8. The van der Waals surface area contributed by atoms with Crippen molar-refractivity contribution in [1.29, 1.82) is 0 Å². The van der Waals surface area contributed by atoms with E-state index in [2.05, 4.69) is 5.32 Å². The van der Waals surface area contributed by atoms with Gasteiger partial charge >= 0.3 is 12.1 Å². The molecule has 174 valence electrons. The molecule has 0 aliphatic carbocycles. The highest BCUT2D eigenvalue weighted by Gasteiger charge is 2.30. The third-order valence-corrected chi connectivity index (χ3v) is 6.69. The van der Waals surface area contributed by atoms with E-state index in [-0.39, 0.29) is 22.9 Å². The second kappa shape index (κ2) is 9.57. The van der Waals surface area contributed by atoms with Crippen LogP contribution in [-0.2, 0) is 12.6 Å². The van der Waals surface area contributed by atoms with Gasteiger partial charge in [-0.3, -0.25) is 4.79 Å². The highest BCUT2D eigenvalue weighted by atomic mass is 35.5. The zero-order valence-electron chi connectivity index (χ0n) is 18.0. The minimum Gasteiger partial charge on any atom is -0.478 e. The van der Waals surface area contributed by atoms with E-state index in [9.17, 15) is 22.8 Å². The Kier molecular flexibility index (Phi) is 7.19. The molecule has 4 nitrogen and oxygen atoms in total. The molecule has 3 rings (SSSR count).